The fourth-order valence-corrected chi connectivity index (χ4v) is 3.23. The first-order valence-electron chi connectivity index (χ1n) is 7.93. The highest BCUT2D eigenvalue weighted by Crippen LogP contribution is 2.26. The maximum atomic E-state index is 5.92. The first kappa shape index (κ1) is 13.8. The van der Waals surface area contributed by atoms with Gasteiger partial charge in [-0.15, -0.1) is 0 Å². The highest BCUT2D eigenvalue weighted by atomic mass is 16.5. The number of hydrogen-bond acceptors (Lipinski definition) is 4. The van der Waals surface area contributed by atoms with Gasteiger partial charge in [0, 0.05) is 24.3 Å². The minimum absolute atomic E-state index is 0.513. The van der Waals surface area contributed by atoms with Crippen molar-refractivity contribution in [3.63, 3.8) is 0 Å². The molecule has 0 amide bonds. The van der Waals surface area contributed by atoms with Gasteiger partial charge in [-0.1, -0.05) is 6.42 Å². The van der Waals surface area contributed by atoms with Crippen molar-refractivity contribution in [2.75, 3.05) is 26.2 Å². The predicted molar refractivity (Wildman–Crippen MR) is 79.9 cm³/mol. The SMILES string of the molecule is NCc1cc2c(nc1OCCN1CCCCC1)CCC2. The molecule has 110 valence electrons. The zero-order chi connectivity index (χ0) is 13.8. The summed E-state index contributed by atoms with van der Waals surface area (Å²) in [5, 5.41) is 0. The second-order valence-corrected chi connectivity index (χ2v) is 5.87. The standard InChI is InChI=1S/C16H25N3O/c17-12-14-11-13-5-4-6-15(13)18-16(14)20-10-9-19-7-2-1-3-8-19/h11H,1-10,12,17H2. The monoisotopic (exact) mass is 275 g/mol. The summed E-state index contributed by atoms with van der Waals surface area (Å²) in [7, 11) is 0. The Hall–Kier alpha value is -1.13. The Labute approximate surface area is 121 Å². The average molecular weight is 275 g/mol. The van der Waals surface area contributed by atoms with Gasteiger partial charge in [0.2, 0.25) is 5.88 Å². The van der Waals surface area contributed by atoms with E-state index in [0.717, 1.165) is 37.4 Å². The van der Waals surface area contributed by atoms with Crippen molar-refractivity contribution in [1.82, 2.24) is 9.88 Å². The van der Waals surface area contributed by atoms with Crippen LogP contribution in [0, 0.1) is 0 Å². The fourth-order valence-electron chi connectivity index (χ4n) is 3.23. The van der Waals surface area contributed by atoms with Crippen LogP contribution in [0.3, 0.4) is 0 Å². The highest BCUT2D eigenvalue weighted by Gasteiger charge is 2.17. The number of aromatic nitrogens is 1. The zero-order valence-corrected chi connectivity index (χ0v) is 12.2. The van der Waals surface area contributed by atoms with E-state index in [-0.39, 0.29) is 0 Å². The van der Waals surface area contributed by atoms with E-state index in [9.17, 15) is 0 Å². The summed E-state index contributed by atoms with van der Waals surface area (Å²) in [6, 6.07) is 2.20. The number of nitrogens with zero attached hydrogens (tertiary/aromatic N) is 2. The van der Waals surface area contributed by atoms with Crippen molar-refractivity contribution >= 4 is 0 Å². The lowest BCUT2D eigenvalue weighted by Crippen LogP contribution is -2.33. The van der Waals surface area contributed by atoms with Crippen LogP contribution in [-0.4, -0.2) is 36.1 Å². The van der Waals surface area contributed by atoms with E-state index in [2.05, 4.69) is 16.0 Å². The summed E-state index contributed by atoms with van der Waals surface area (Å²) in [5.41, 5.74) is 9.48. The van der Waals surface area contributed by atoms with Gasteiger partial charge >= 0.3 is 0 Å². The number of rotatable bonds is 5. The van der Waals surface area contributed by atoms with Gasteiger partial charge in [0.25, 0.3) is 0 Å². The third kappa shape index (κ3) is 3.13. The molecule has 0 bridgehead atoms. The van der Waals surface area contributed by atoms with Crippen LogP contribution in [0.15, 0.2) is 6.07 Å². The summed E-state index contributed by atoms with van der Waals surface area (Å²) in [6.07, 6.45) is 7.47. The van der Waals surface area contributed by atoms with Crippen LogP contribution in [0.4, 0.5) is 0 Å². The number of hydrogen-bond donors (Lipinski definition) is 1. The van der Waals surface area contributed by atoms with Crippen LogP contribution in [0.1, 0.15) is 42.5 Å². The molecule has 1 aromatic rings. The smallest absolute Gasteiger partial charge is 0.218 e. The molecule has 0 aromatic carbocycles. The summed E-state index contributed by atoms with van der Waals surface area (Å²) in [6.45, 7) is 4.66. The third-order valence-electron chi connectivity index (χ3n) is 4.40. The van der Waals surface area contributed by atoms with E-state index in [0.29, 0.717) is 6.54 Å². The third-order valence-corrected chi connectivity index (χ3v) is 4.40. The molecule has 1 saturated heterocycles. The Bertz CT molecular complexity index is 455. The van der Waals surface area contributed by atoms with Gasteiger partial charge in [-0.05, 0) is 56.8 Å². The molecule has 1 fully saturated rings. The molecule has 2 aliphatic rings. The minimum atomic E-state index is 0.513. The summed E-state index contributed by atoms with van der Waals surface area (Å²) >= 11 is 0. The normalized spacial score (nSPS) is 19.1. The molecule has 0 unspecified atom stereocenters. The molecule has 0 spiro atoms. The van der Waals surface area contributed by atoms with Gasteiger partial charge in [0.05, 0.1) is 0 Å². The lowest BCUT2D eigenvalue weighted by molar-refractivity contribution is 0.179. The molecule has 1 aliphatic carbocycles. The van der Waals surface area contributed by atoms with Gasteiger partial charge < -0.3 is 10.5 Å². The van der Waals surface area contributed by atoms with Crippen molar-refractivity contribution in [2.24, 2.45) is 5.73 Å². The van der Waals surface area contributed by atoms with Crippen molar-refractivity contribution < 1.29 is 4.74 Å². The number of likely N-dealkylation sites (tertiary alicyclic amines) is 1. The van der Waals surface area contributed by atoms with Crippen LogP contribution in [0.5, 0.6) is 5.88 Å². The lowest BCUT2D eigenvalue weighted by Gasteiger charge is -2.26. The molecular weight excluding hydrogens is 250 g/mol. The highest BCUT2D eigenvalue weighted by molar-refractivity contribution is 5.36. The number of aryl methyl sites for hydroxylation is 2. The molecule has 20 heavy (non-hydrogen) atoms. The molecule has 1 aliphatic heterocycles. The summed E-state index contributed by atoms with van der Waals surface area (Å²) in [5.74, 6) is 0.769. The Kier molecular flexibility index (Phi) is 4.53. The number of piperidine rings is 1. The van der Waals surface area contributed by atoms with E-state index in [4.69, 9.17) is 10.5 Å². The molecule has 0 radical (unpaired) electrons. The average Bonchev–Trinajstić information content (AvgIpc) is 2.94. The molecule has 0 atom stereocenters. The van der Waals surface area contributed by atoms with Gasteiger partial charge in [0.1, 0.15) is 6.61 Å². The Morgan fingerprint density at radius 3 is 2.80 bits per heavy atom. The van der Waals surface area contributed by atoms with Crippen molar-refractivity contribution in [3.05, 3.63) is 22.9 Å². The topological polar surface area (TPSA) is 51.4 Å². The predicted octanol–water partition coefficient (Wildman–Crippen LogP) is 1.89. The minimum Gasteiger partial charge on any atom is -0.476 e. The number of fused-ring (bicyclic) bond motifs is 1. The van der Waals surface area contributed by atoms with Crippen LogP contribution in [0.2, 0.25) is 0 Å². The molecule has 0 saturated carbocycles. The maximum absolute atomic E-state index is 5.92. The molecule has 4 nitrogen and oxygen atoms in total. The van der Waals surface area contributed by atoms with E-state index >= 15 is 0 Å². The first-order valence-corrected chi connectivity index (χ1v) is 7.93. The van der Waals surface area contributed by atoms with Gasteiger partial charge in [-0.2, -0.15) is 0 Å². The van der Waals surface area contributed by atoms with Crippen molar-refractivity contribution in [3.8, 4) is 5.88 Å². The summed E-state index contributed by atoms with van der Waals surface area (Å²) in [4.78, 5) is 7.17. The second kappa shape index (κ2) is 6.55. The summed E-state index contributed by atoms with van der Waals surface area (Å²) < 4.78 is 5.92. The van der Waals surface area contributed by atoms with E-state index in [1.165, 1.54) is 50.0 Å². The molecule has 2 N–H and O–H groups in total. The van der Waals surface area contributed by atoms with Crippen LogP contribution in [0.25, 0.3) is 0 Å². The first-order chi connectivity index (χ1) is 9.86. The Morgan fingerprint density at radius 1 is 1.15 bits per heavy atom. The number of pyridine rings is 1. The van der Waals surface area contributed by atoms with Crippen LogP contribution >= 0.6 is 0 Å². The Balaban J connectivity index is 1.58. The van der Waals surface area contributed by atoms with Crippen LogP contribution < -0.4 is 10.5 Å². The maximum Gasteiger partial charge on any atom is 0.218 e. The van der Waals surface area contributed by atoms with Gasteiger partial charge in [-0.25, -0.2) is 4.98 Å². The van der Waals surface area contributed by atoms with Crippen LogP contribution in [-0.2, 0) is 19.4 Å². The Morgan fingerprint density at radius 2 is 2.00 bits per heavy atom. The van der Waals surface area contributed by atoms with Crippen molar-refractivity contribution in [1.29, 1.82) is 0 Å². The van der Waals surface area contributed by atoms with E-state index < -0.39 is 0 Å². The molecular formula is C16H25N3O. The van der Waals surface area contributed by atoms with E-state index in [1.807, 2.05) is 0 Å². The van der Waals surface area contributed by atoms with Gasteiger partial charge in [-0.3, -0.25) is 4.90 Å². The quantitative estimate of drug-likeness (QED) is 0.891. The molecule has 4 heteroatoms. The molecule has 1 aromatic heterocycles. The number of ether oxygens (including phenoxy) is 1. The largest absolute Gasteiger partial charge is 0.476 e. The second-order valence-electron chi connectivity index (χ2n) is 5.87. The zero-order valence-electron chi connectivity index (χ0n) is 12.2. The fraction of sp³-hybridized carbons (Fsp3) is 0.688. The van der Waals surface area contributed by atoms with Gasteiger partial charge in [0.15, 0.2) is 0 Å². The van der Waals surface area contributed by atoms with E-state index in [1.54, 1.807) is 0 Å². The molecule has 3 rings (SSSR count). The van der Waals surface area contributed by atoms with Crippen molar-refractivity contribution in [2.45, 2.75) is 45.1 Å². The number of nitrogens with two attached hydrogens (primary N) is 1. The lowest BCUT2D eigenvalue weighted by atomic mass is 10.1. The molecule has 2 heterocycles.